The normalized spacial score (nSPS) is 10.2. The lowest BCUT2D eigenvalue weighted by molar-refractivity contribution is -0.142. The van der Waals surface area contributed by atoms with E-state index in [2.05, 4.69) is 5.32 Å². The summed E-state index contributed by atoms with van der Waals surface area (Å²) in [5, 5.41) is 3.22. The number of carbonyl (C=O) groups excluding carboxylic acids is 1. The zero-order chi connectivity index (χ0) is 15.0. The van der Waals surface area contributed by atoms with E-state index in [9.17, 15) is 4.79 Å². The molecule has 0 aliphatic rings. The van der Waals surface area contributed by atoms with Crippen LogP contribution in [0.4, 0.5) is 0 Å². The van der Waals surface area contributed by atoms with Crippen LogP contribution in [-0.4, -0.2) is 33.3 Å². The molecule has 0 fully saturated rings. The number of carbonyl (C=O) groups is 1. The summed E-state index contributed by atoms with van der Waals surface area (Å²) in [6, 6.07) is 3.90. The molecule has 0 saturated carbocycles. The number of hydrogen-bond donors (Lipinski definition) is 1. The van der Waals surface area contributed by atoms with Gasteiger partial charge >= 0.3 is 5.97 Å². The Labute approximate surface area is 120 Å². The van der Waals surface area contributed by atoms with Crippen LogP contribution in [0.3, 0.4) is 0 Å². The maximum Gasteiger partial charge on any atom is 0.307 e. The van der Waals surface area contributed by atoms with Crippen LogP contribution in [-0.2, 0) is 16.1 Å². The summed E-state index contributed by atoms with van der Waals surface area (Å²) >= 11 is 0. The minimum Gasteiger partial charge on any atom is -0.493 e. The molecule has 0 unspecified atom stereocenters. The summed E-state index contributed by atoms with van der Waals surface area (Å²) in [6.45, 7) is 5.51. The van der Waals surface area contributed by atoms with E-state index in [1.54, 1.807) is 21.1 Å². The zero-order valence-electron chi connectivity index (χ0n) is 12.6. The van der Waals surface area contributed by atoms with E-state index in [1.165, 1.54) is 0 Å². The highest BCUT2D eigenvalue weighted by molar-refractivity contribution is 5.69. The fourth-order valence-electron chi connectivity index (χ4n) is 1.86. The third-order valence-electron chi connectivity index (χ3n) is 2.97. The third-order valence-corrected chi connectivity index (χ3v) is 2.97. The van der Waals surface area contributed by atoms with Gasteiger partial charge in [-0.25, -0.2) is 0 Å². The van der Waals surface area contributed by atoms with Gasteiger partial charge in [-0.05, 0) is 37.1 Å². The van der Waals surface area contributed by atoms with Gasteiger partial charge in [0.1, 0.15) is 0 Å². The van der Waals surface area contributed by atoms with Crippen LogP contribution in [0.15, 0.2) is 12.1 Å². The predicted octanol–water partition coefficient (Wildman–Crippen LogP) is 2.06. The van der Waals surface area contributed by atoms with Crippen LogP contribution in [0.5, 0.6) is 11.5 Å². The zero-order valence-corrected chi connectivity index (χ0v) is 12.6. The largest absolute Gasteiger partial charge is 0.493 e. The summed E-state index contributed by atoms with van der Waals surface area (Å²) < 4.78 is 15.4. The second kappa shape index (κ2) is 8.43. The van der Waals surface area contributed by atoms with Crippen molar-refractivity contribution in [2.75, 3.05) is 27.4 Å². The fraction of sp³-hybridized carbons (Fsp3) is 0.533. The van der Waals surface area contributed by atoms with Gasteiger partial charge in [-0.15, -0.1) is 0 Å². The molecule has 20 heavy (non-hydrogen) atoms. The molecule has 0 atom stereocenters. The van der Waals surface area contributed by atoms with E-state index in [0.717, 1.165) is 16.9 Å². The van der Waals surface area contributed by atoms with Crippen molar-refractivity contribution < 1.29 is 19.0 Å². The Balaban J connectivity index is 2.53. The summed E-state index contributed by atoms with van der Waals surface area (Å²) in [4.78, 5) is 11.2. The number of rotatable bonds is 8. The second-order valence-corrected chi connectivity index (χ2v) is 4.37. The summed E-state index contributed by atoms with van der Waals surface area (Å²) in [5.41, 5.74) is 2.23. The molecule has 0 radical (unpaired) electrons. The number of ether oxygens (including phenoxy) is 3. The van der Waals surface area contributed by atoms with Crippen LogP contribution >= 0.6 is 0 Å². The first-order valence-corrected chi connectivity index (χ1v) is 6.70. The summed E-state index contributed by atoms with van der Waals surface area (Å²) in [7, 11) is 3.24. The first kappa shape index (κ1) is 16.3. The number of benzene rings is 1. The van der Waals surface area contributed by atoms with Gasteiger partial charge in [0.25, 0.3) is 0 Å². The van der Waals surface area contributed by atoms with Crippen molar-refractivity contribution in [1.82, 2.24) is 5.32 Å². The summed E-state index contributed by atoms with van der Waals surface area (Å²) in [5.74, 6) is 1.25. The van der Waals surface area contributed by atoms with E-state index >= 15 is 0 Å². The highest BCUT2D eigenvalue weighted by Gasteiger charge is 2.08. The van der Waals surface area contributed by atoms with E-state index in [0.29, 0.717) is 31.9 Å². The van der Waals surface area contributed by atoms with Crippen molar-refractivity contribution in [3.8, 4) is 11.5 Å². The lowest BCUT2D eigenvalue weighted by atomic mass is 10.1. The van der Waals surface area contributed by atoms with Crippen molar-refractivity contribution in [3.63, 3.8) is 0 Å². The molecule has 1 aromatic rings. The SMILES string of the molecule is CCOC(=O)CCNCc1cc(OC)c(OC)cc1C. The Bertz CT molecular complexity index is 446. The molecule has 112 valence electrons. The molecule has 0 saturated heterocycles. The van der Waals surface area contributed by atoms with Crippen LogP contribution < -0.4 is 14.8 Å². The van der Waals surface area contributed by atoms with Crippen molar-refractivity contribution in [2.24, 2.45) is 0 Å². The second-order valence-electron chi connectivity index (χ2n) is 4.37. The van der Waals surface area contributed by atoms with Gasteiger partial charge in [0.15, 0.2) is 11.5 Å². The molecule has 0 aromatic heterocycles. The number of esters is 1. The van der Waals surface area contributed by atoms with E-state index in [-0.39, 0.29) is 5.97 Å². The lowest BCUT2D eigenvalue weighted by Gasteiger charge is -2.13. The van der Waals surface area contributed by atoms with Gasteiger partial charge in [-0.2, -0.15) is 0 Å². The molecular formula is C15H23NO4. The van der Waals surface area contributed by atoms with Crippen molar-refractivity contribution in [1.29, 1.82) is 0 Å². The first-order valence-electron chi connectivity index (χ1n) is 6.70. The molecule has 5 heteroatoms. The molecule has 0 bridgehead atoms. The predicted molar refractivity (Wildman–Crippen MR) is 77.2 cm³/mol. The van der Waals surface area contributed by atoms with Crippen molar-refractivity contribution in [3.05, 3.63) is 23.3 Å². The van der Waals surface area contributed by atoms with Crippen LogP contribution in [0.25, 0.3) is 0 Å². The average Bonchev–Trinajstić information content (AvgIpc) is 2.44. The molecule has 0 aliphatic heterocycles. The highest BCUT2D eigenvalue weighted by atomic mass is 16.5. The van der Waals surface area contributed by atoms with Gasteiger partial charge < -0.3 is 19.5 Å². The molecule has 5 nitrogen and oxygen atoms in total. The lowest BCUT2D eigenvalue weighted by Crippen LogP contribution is -2.19. The maximum atomic E-state index is 11.2. The van der Waals surface area contributed by atoms with Crippen LogP contribution in [0, 0.1) is 6.92 Å². The molecule has 0 heterocycles. The standard InChI is InChI=1S/C15H23NO4/c1-5-20-15(17)6-7-16-10-12-9-14(19-4)13(18-3)8-11(12)2/h8-9,16H,5-7,10H2,1-4H3. The van der Waals surface area contributed by atoms with E-state index < -0.39 is 0 Å². The molecule has 0 aliphatic carbocycles. The van der Waals surface area contributed by atoms with E-state index in [1.807, 2.05) is 19.1 Å². The van der Waals surface area contributed by atoms with Gasteiger partial charge in [0.05, 0.1) is 27.2 Å². The van der Waals surface area contributed by atoms with Crippen molar-refractivity contribution >= 4 is 5.97 Å². The van der Waals surface area contributed by atoms with Gasteiger partial charge in [-0.1, -0.05) is 0 Å². The molecule has 0 amide bonds. The number of hydrogen-bond acceptors (Lipinski definition) is 5. The van der Waals surface area contributed by atoms with Gasteiger partial charge in [0.2, 0.25) is 0 Å². The minimum atomic E-state index is -0.177. The van der Waals surface area contributed by atoms with Crippen LogP contribution in [0.1, 0.15) is 24.5 Å². The quantitative estimate of drug-likeness (QED) is 0.584. The van der Waals surface area contributed by atoms with Crippen LogP contribution in [0.2, 0.25) is 0 Å². The van der Waals surface area contributed by atoms with Gasteiger partial charge in [-0.3, -0.25) is 4.79 Å². The van der Waals surface area contributed by atoms with E-state index in [4.69, 9.17) is 14.2 Å². The smallest absolute Gasteiger partial charge is 0.307 e. The van der Waals surface area contributed by atoms with Crippen molar-refractivity contribution in [2.45, 2.75) is 26.8 Å². The molecular weight excluding hydrogens is 258 g/mol. The Morgan fingerprint density at radius 2 is 1.85 bits per heavy atom. The molecule has 1 N–H and O–H groups in total. The number of aryl methyl sites for hydroxylation is 1. The monoisotopic (exact) mass is 281 g/mol. The fourth-order valence-corrected chi connectivity index (χ4v) is 1.86. The Morgan fingerprint density at radius 3 is 2.45 bits per heavy atom. The first-order chi connectivity index (χ1) is 9.62. The average molecular weight is 281 g/mol. The maximum absolute atomic E-state index is 11.2. The molecule has 0 spiro atoms. The minimum absolute atomic E-state index is 0.177. The highest BCUT2D eigenvalue weighted by Crippen LogP contribution is 2.30. The topological polar surface area (TPSA) is 56.8 Å². The summed E-state index contributed by atoms with van der Waals surface area (Å²) in [6.07, 6.45) is 0.375. The molecule has 1 aromatic carbocycles. The van der Waals surface area contributed by atoms with Gasteiger partial charge in [0, 0.05) is 13.1 Å². The Kier molecular flexibility index (Phi) is 6.87. The Morgan fingerprint density at radius 1 is 1.20 bits per heavy atom. The number of nitrogens with one attached hydrogen (secondary N) is 1. The molecule has 1 rings (SSSR count). The Hall–Kier alpha value is -1.75. The number of methoxy groups -OCH3 is 2. The third kappa shape index (κ3) is 4.74.